The number of allylic oxidation sites excluding steroid dienone is 6. The molecule has 0 saturated heterocycles. The smallest absolute Gasteiger partial charge is 0.306 e. The molecular formula is C52H94O6. The molecule has 0 aromatic carbocycles. The van der Waals surface area contributed by atoms with Crippen LogP contribution in [0.5, 0.6) is 0 Å². The van der Waals surface area contributed by atoms with Gasteiger partial charge in [0.15, 0.2) is 6.10 Å². The van der Waals surface area contributed by atoms with E-state index in [1.165, 1.54) is 128 Å². The van der Waals surface area contributed by atoms with Crippen LogP contribution in [-0.2, 0) is 28.6 Å². The van der Waals surface area contributed by atoms with Crippen molar-refractivity contribution in [1.82, 2.24) is 0 Å². The second-order valence-electron chi connectivity index (χ2n) is 16.7. The first-order valence-corrected chi connectivity index (χ1v) is 25.0. The second kappa shape index (κ2) is 47.3. The number of unbranched alkanes of at least 4 members (excludes halogenated alkanes) is 28. The first-order valence-electron chi connectivity index (χ1n) is 25.0. The highest BCUT2D eigenvalue weighted by Crippen LogP contribution is 2.15. The van der Waals surface area contributed by atoms with Crippen molar-refractivity contribution in [3.63, 3.8) is 0 Å². The van der Waals surface area contributed by atoms with E-state index >= 15 is 0 Å². The molecule has 0 aromatic rings. The third kappa shape index (κ3) is 44.7. The molecule has 6 heteroatoms. The Morgan fingerprint density at radius 2 is 0.672 bits per heavy atom. The average Bonchev–Trinajstić information content (AvgIpc) is 3.22. The molecule has 0 rings (SSSR count). The van der Waals surface area contributed by atoms with Gasteiger partial charge in [-0.15, -0.1) is 0 Å². The van der Waals surface area contributed by atoms with Gasteiger partial charge in [0, 0.05) is 19.3 Å². The third-order valence-electron chi connectivity index (χ3n) is 10.9. The Labute approximate surface area is 359 Å². The van der Waals surface area contributed by atoms with Crippen molar-refractivity contribution in [2.75, 3.05) is 13.2 Å². The van der Waals surface area contributed by atoms with E-state index < -0.39 is 6.10 Å². The lowest BCUT2D eigenvalue weighted by molar-refractivity contribution is -0.167. The number of esters is 3. The monoisotopic (exact) mass is 815 g/mol. The Morgan fingerprint density at radius 3 is 1.05 bits per heavy atom. The average molecular weight is 815 g/mol. The molecule has 0 saturated carbocycles. The van der Waals surface area contributed by atoms with Crippen molar-refractivity contribution in [3.8, 4) is 0 Å². The zero-order chi connectivity index (χ0) is 42.3. The molecule has 1 atom stereocenters. The minimum absolute atomic E-state index is 0.0773. The molecule has 0 fully saturated rings. The maximum atomic E-state index is 12.7. The van der Waals surface area contributed by atoms with Gasteiger partial charge in [-0.05, 0) is 70.6 Å². The fourth-order valence-corrected chi connectivity index (χ4v) is 7.12. The minimum Gasteiger partial charge on any atom is -0.462 e. The molecule has 0 aliphatic heterocycles. The summed E-state index contributed by atoms with van der Waals surface area (Å²) in [4.78, 5) is 37.8. The summed E-state index contributed by atoms with van der Waals surface area (Å²) in [5, 5.41) is 0. The number of hydrogen-bond acceptors (Lipinski definition) is 6. The van der Waals surface area contributed by atoms with E-state index in [1.54, 1.807) is 0 Å². The van der Waals surface area contributed by atoms with Gasteiger partial charge in [0.25, 0.3) is 0 Å². The van der Waals surface area contributed by atoms with E-state index in [-0.39, 0.29) is 31.1 Å². The Balaban J connectivity index is 4.28. The SMILES string of the molecule is CC/C=C\C/C=C\CCCCCCCC(=O)OC(COC(=O)CCCCCCCCC/C=C\CCCCCCCCCC)COC(=O)CCCCCCCCCCC. The Bertz CT molecular complexity index is 984. The van der Waals surface area contributed by atoms with Gasteiger partial charge in [0.05, 0.1) is 0 Å². The molecule has 58 heavy (non-hydrogen) atoms. The van der Waals surface area contributed by atoms with Crippen molar-refractivity contribution in [2.45, 2.75) is 264 Å². The molecule has 0 spiro atoms. The molecule has 0 amide bonds. The highest BCUT2D eigenvalue weighted by Gasteiger charge is 2.19. The number of rotatable bonds is 45. The van der Waals surface area contributed by atoms with Crippen LogP contribution in [0.4, 0.5) is 0 Å². The lowest BCUT2D eigenvalue weighted by atomic mass is 10.1. The predicted molar refractivity (Wildman–Crippen MR) is 247 cm³/mol. The van der Waals surface area contributed by atoms with Crippen LogP contribution in [0.2, 0.25) is 0 Å². The minimum atomic E-state index is -0.776. The van der Waals surface area contributed by atoms with Gasteiger partial charge in [0.1, 0.15) is 13.2 Å². The summed E-state index contributed by atoms with van der Waals surface area (Å²) in [5.41, 5.74) is 0. The predicted octanol–water partition coefficient (Wildman–Crippen LogP) is 16.1. The molecule has 0 aromatic heterocycles. The molecule has 0 N–H and O–H groups in total. The maximum Gasteiger partial charge on any atom is 0.306 e. The molecule has 0 aliphatic rings. The van der Waals surface area contributed by atoms with Crippen LogP contribution in [-0.4, -0.2) is 37.2 Å². The van der Waals surface area contributed by atoms with E-state index in [0.717, 1.165) is 89.9 Å². The number of ether oxygens (including phenoxy) is 3. The summed E-state index contributed by atoms with van der Waals surface area (Å²) in [6.45, 7) is 6.50. The Morgan fingerprint density at radius 1 is 0.362 bits per heavy atom. The van der Waals surface area contributed by atoms with Gasteiger partial charge in [-0.25, -0.2) is 0 Å². The first-order chi connectivity index (χ1) is 28.5. The van der Waals surface area contributed by atoms with Gasteiger partial charge in [-0.3, -0.25) is 14.4 Å². The number of carbonyl (C=O) groups is 3. The summed E-state index contributed by atoms with van der Waals surface area (Å²) < 4.78 is 16.7. The molecule has 0 aliphatic carbocycles. The molecule has 6 nitrogen and oxygen atoms in total. The normalized spacial score (nSPS) is 12.3. The summed E-state index contributed by atoms with van der Waals surface area (Å²) in [5.74, 6) is -0.893. The summed E-state index contributed by atoms with van der Waals surface area (Å²) in [6, 6.07) is 0. The molecule has 0 bridgehead atoms. The van der Waals surface area contributed by atoms with Gasteiger partial charge in [-0.1, -0.05) is 205 Å². The van der Waals surface area contributed by atoms with Gasteiger partial charge < -0.3 is 14.2 Å². The highest BCUT2D eigenvalue weighted by molar-refractivity contribution is 5.71. The van der Waals surface area contributed by atoms with Gasteiger partial charge >= 0.3 is 17.9 Å². The molecule has 338 valence electrons. The molecular weight excluding hydrogens is 721 g/mol. The summed E-state index contributed by atoms with van der Waals surface area (Å²) >= 11 is 0. The van der Waals surface area contributed by atoms with Crippen LogP contribution >= 0.6 is 0 Å². The first kappa shape index (κ1) is 55.6. The second-order valence-corrected chi connectivity index (χ2v) is 16.7. The molecule has 1 unspecified atom stereocenters. The van der Waals surface area contributed by atoms with Crippen molar-refractivity contribution >= 4 is 17.9 Å². The fraction of sp³-hybridized carbons (Fsp3) is 0.827. The van der Waals surface area contributed by atoms with Crippen LogP contribution in [0.15, 0.2) is 36.5 Å². The van der Waals surface area contributed by atoms with Crippen molar-refractivity contribution in [3.05, 3.63) is 36.5 Å². The van der Waals surface area contributed by atoms with E-state index in [4.69, 9.17) is 14.2 Å². The quantitative estimate of drug-likeness (QED) is 0.0264. The van der Waals surface area contributed by atoms with E-state index in [0.29, 0.717) is 19.3 Å². The van der Waals surface area contributed by atoms with Crippen molar-refractivity contribution < 1.29 is 28.6 Å². The van der Waals surface area contributed by atoms with Gasteiger partial charge in [0.2, 0.25) is 0 Å². The zero-order valence-electron chi connectivity index (χ0n) is 38.6. The van der Waals surface area contributed by atoms with E-state index in [1.807, 2.05) is 0 Å². The maximum absolute atomic E-state index is 12.7. The molecule has 0 radical (unpaired) electrons. The summed E-state index contributed by atoms with van der Waals surface area (Å²) in [7, 11) is 0. The Kier molecular flexibility index (Phi) is 45.4. The Hall–Kier alpha value is -2.37. The van der Waals surface area contributed by atoms with Crippen molar-refractivity contribution in [2.24, 2.45) is 0 Å². The highest BCUT2D eigenvalue weighted by atomic mass is 16.6. The molecule has 0 heterocycles. The van der Waals surface area contributed by atoms with Crippen LogP contribution < -0.4 is 0 Å². The van der Waals surface area contributed by atoms with Crippen LogP contribution in [0, 0.1) is 0 Å². The van der Waals surface area contributed by atoms with Gasteiger partial charge in [-0.2, -0.15) is 0 Å². The number of hydrogen-bond donors (Lipinski definition) is 0. The fourth-order valence-electron chi connectivity index (χ4n) is 7.12. The van der Waals surface area contributed by atoms with Crippen molar-refractivity contribution in [1.29, 1.82) is 0 Å². The largest absolute Gasteiger partial charge is 0.462 e. The number of carbonyl (C=O) groups excluding carboxylic acids is 3. The lowest BCUT2D eigenvalue weighted by Gasteiger charge is -2.18. The van der Waals surface area contributed by atoms with Crippen LogP contribution in [0.3, 0.4) is 0 Å². The van der Waals surface area contributed by atoms with E-state index in [2.05, 4.69) is 57.2 Å². The van der Waals surface area contributed by atoms with E-state index in [9.17, 15) is 14.4 Å². The topological polar surface area (TPSA) is 78.9 Å². The zero-order valence-corrected chi connectivity index (χ0v) is 38.6. The van der Waals surface area contributed by atoms with Crippen LogP contribution in [0.25, 0.3) is 0 Å². The summed E-state index contributed by atoms with van der Waals surface area (Å²) in [6.07, 6.45) is 54.2. The van der Waals surface area contributed by atoms with Crippen LogP contribution in [0.1, 0.15) is 258 Å². The standard InChI is InChI=1S/C52H94O6/c1-4-7-10-13-16-19-21-23-24-25-26-27-28-29-31-33-36-39-42-45-51(54)57-48-49(47-56-50(53)44-41-38-35-32-18-15-12-9-6-3)58-52(55)46-43-40-37-34-30-22-20-17-14-11-8-5-2/h8,11,17,20,25-26,49H,4-7,9-10,12-16,18-19,21-24,27-48H2,1-3H3/b11-8-,20-17-,26-25-. The third-order valence-corrected chi connectivity index (χ3v) is 10.9. The lowest BCUT2D eigenvalue weighted by Crippen LogP contribution is -2.30.